The van der Waals surface area contributed by atoms with Crippen molar-refractivity contribution in [2.24, 2.45) is 0 Å². The van der Waals surface area contributed by atoms with E-state index < -0.39 is 0 Å². The summed E-state index contributed by atoms with van der Waals surface area (Å²) in [4.78, 5) is 15.3. The summed E-state index contributed by atoms with van der Waals surface area (Å²) >= 11 is 0. The fraction of sp³-hybridized carbons (Fsp3) is 0. The molecule has 0 atom stereocenters. The number of nitrogens with zero attached hydrogens (tertiary/aromatic N) is 7. The highest BCUT2D eigenvalue weighted by atomic mass is 15.2. The molecule has 0 fully saturated rings. The van der Waals surface area contributed by atoms with Crippen LogP contribution >= 0.6 is 0 Å². The van der Waals surface area contributed by atoms with Gasteiger partial charge in [0, 0.05) is 49.1 Å². The first-order chi connectivity index (χ1) is 29.2. The van der Waals surface area contributed by atoms with Crippen molar-refractivity contribution in [1.29, 1.82) is 5.26 Å². The van der Waals surface area contributed by atoms with Crippen molar-refractivity contribution in [2.45, 2.75) is 0 Å². The summed E-state index contributed by atoms with van der Waals surface area (Å²) < 4.78 is 6.73. The van der Waals surface area contributed by atoms with Gasteiger partial charge in [-0.05, 0) is 54.6 Å². The number of rotatable bonds is 5. The second-order valence-electron chi connectivity index (χ2n) is 14.8. The molecule has 0 N–H and O–H groups in total. The standard InChI is InChI=1S/C52H31N7/c53-32-35-31-34(51-54-50(33-15-3-1-4-16-33)55-52(56-51)59-46-25-13-7-19-37(46)38-20-8-14-26-47(38)59)27-30-43(35)58-45-24-12-10-22-40(45)42-29-28-41-39-21-9-11-23-44(39)57(48(41)49(42)58)36-17-5-2-6-18-36/h1-31H. The molecule has 0 saturated carbocycles. The highest BCUT2D eigenvalue weighted by Gasteiger charge is 2.23. The van der Waals surface area contributed by atoms with Crippen molar-refractivity contribution >= 4 is 65.4 Å². The number of para-hydroxylation sites is 5. The van der Waals surface area contributed by atoms with E-state index in [0.29, 0.717) is 23.2 Å². The molecule has 0 aliphatic carbocycles. The molecule has 12 rings (SSSR count). The lowest BCUT2D eigenvalue weighted by Crippen LogP contribution is -2.07. The van der Waals surface area contributed by atoms with Crippen LogP contribution in [0.25, 0.3) is 106 Å². The van der Waals surface area contributed by atoms with Gasteiger partial charge in [0.05, 0.1) is 44.4 Å². The van der Waals surface area contributed by atoms with E-state index in [9.17, 15) is 5.26 Å². The number of nitriles is 1. The van der Waals surface area contributed by atoms with Gasteiger partial charge in [0.1, 0.15) is 6.07 Å². The minimum absolute atomic E-state index is 0.479. The Hall–Kier alpha value is -8.34. The Morgan fingerprint density at radius 1 is 0.373 bits per heavy atom. The summed E-state index contributed by atoms with van der Waals surface area (Å²) in [5.41, 5.74) is 10.2. The maximum atomic E-state index is 11.0. The van der Waals surface area contributed by atoms with Crippen molar-refractivity contribution in [3.63, 3.8) is 0 Å². The van der Waals surface area contributed by atoms with E-state index in [2.05, 4.69) is 141 Å². The molecule has 7 heteroatoms. The molecular formula is C52H31N7. The van der Waals surface area contributed by atoms with Crippen LogP contribution in [0.5, 0.6) is 0 Å². The van der Waals surface area contributed by atoms with Crippen LogP contribution in [0.2, 0.25) is 0 Å². The molecule has 8 aromatic carbocycles. The number of hydrogen-bond acceptors (Lipinski definition) is 4. The molecule has 0 saturated heterocycles. The van der Waals surface area contributed by atoms with E-state index in [1.54, 1.807) is 0 Å². The van der Waals surface area contributed by atoms with Gasteiger partial charge in [-0.2, -0.15) is 15.2 Å². The Morgan fingerprint density at radius 3 is 1.41 bits per heavy atom. The molecule has 0 bridgehead atoms. The molecule has 4 heterocycles. The fourth-order valence-electron chi connectivity index (χ4n) is 9.00. The Balaban J connectivity index is 1.13. The number of benzene rings is 8. The molecule has 0 amide bonds. The molecule has 0 spiro atoms. The van der Waals surface area contributed by atoms with Crippen LogP contribution in [0.4, 0.5) is 0 Å². The Kier molecular flexibility index (Phi) is 7.16. The lowest BCUT2D eigenvalue weighted by molar-refractivity contribution is 0.953. The van der Waals surface area contributed by atoms with Crippen molar-refractivity contribution in [2.75, 3.05) is 0 Å². The van der Waals surface area contributed by atoms with Gasteiger partial charge in [-0.15, -0.1) is 0 Å². The summed E-state index contributed by atoms with van der Waals surface area (Å²) in [6, 6.07) is 67.2. The van der Waals surface area contributed by atoms with Crippen LogP contribution in [0.1, 0.15) is 5.56 Å². The van der Waals surface area contributed by atoms with E-state index in [0.717, 1.165) is 82.5 Å². The number of aromatic nitrogens is 6. The van der Waals surface area contributed by atoms with E-state index in [1.165, 1.54) is 5.39 Å². The van der Waals surface area contributed by atoms with E-state index >= 15 is 0 Å². The first-order valence-electron chi connectivity index (χ1n) is 19.6. The third-order valence-electron chi connectivity index (χ3n) is 11.5. The first-order valence-corrected chi connectivity index (χ1v) is 19.6. The van der Waals surface area contributed by atoms with Gasteiger partial charge in [0.2, 0.25) is 5.95 Å². The SMILES string of the molecule is N#Cc1cc(-c2nc(-c3ccccc3)nc(-n3c4ccccc4c4ccccc43)n2)ccc1-n1c2ccccc2c2ccc3c4ccccc4n(-c4ccccc4)c3c21. The highest BCUT2D eigenvalue weighted by Crippen LogP contribution is 2.42. The van der Waals surface area contributed by atoms with E-state index in [4.69, 9.17) is 15.0 Å². The molecule has 274 valence electrons. The maximum absolute atomic E-state index is 11.0. The second-order valence-corrected chi connectivity index (χ2v) is 14.8. The minimum atomic E-state index is 0.479. The normalized spacial score (nSPS) is 11.7. The van der Waals surface area contributed by atoms with E-state index in [1.807, 2.05) is 66.7 Å². The minimum Gasteiger partial charge on any atom is -0.307 e. The zero-order chi connectivity index (χ0) is 39.0. The van der Waals surface area contributed by atoms with E-state index in [-0.39, 0.29) is 0 Å². The third kappa shape index (κ3) is 4.90. The van der Waals surface area contributed by atoms with Crippen LogP contribution in [-0.2, 0) is 0 Å². The largest absolute Gasteiger partial charge is 0.307 e. The van der Waals surface area contributed by atoms with Gasteiger partial charge < -0.3 is 9.13 Å². The van der Waals surface area contributed by atoms with Crippen molar-refractivity contribution < 1.29 is 0 Å². The van der Waals surface area contributed by atoms with Gasteiger partial charge in [0.15, 0.2) is 11.6 Å². The zero-order valence-electron chi connectivity index (χ0n) is 31.5. The molecule has 12 aromatic rings. The molecule has 0 aliphatic heterocycles. The first kappa shape index (κ1) is 32.9. The zero-order valence-corrected chi connectivity index (χ0v) is 31.5. The Morgan fingerprint density at radius 2 is 0.831 bits per heavy atom. The van der Waals surface area contributed by atoms with Crippen LogP contribution in [0.15, 0.2) is 188 Å². The quantitative estimate of drug-likeness (QED) is 0.175. The molecule has 0 radical (unpaired) electrons. The summed E-state index contributed by atoms with van der Waals surface area (Å²) in [7, 11) is 0. The molecular weight excluding hydrogens is 723 g/mol. The molecule has 4 aromatic heterocycles. The predicted molar refractivity (Wildman–Crippen MR) is 238 cm³/mol. The lowest BCUT2D eigenvalue weighted by Gasteiger charge is -2.15. The van der Waals surface area contributed by atoms with Gasteiger partial charge >= 0.3 is 0 Å². The molecule has 59 heavy (non-hydrogen) atoms. The fourth-order valence-corrected chi connectivity index (χ4v) is 9.00. The number of fused-ring (bicyclic) bond motifs is 10. The average molecular weight is 754 g/mol. The monoisotopic (exact) mass is 753 g/mol. The second kappa shape index (κ2) is 12.8. The van der Waals surface area contributed by atoms with Gasteiger partial charge in [-0.25, -0.2) is 4.98 Å². The van der Waals surface area contributed by atoms with Crippen LogP contribution in [0.3, 0.4) is 0 Å². The van der Waals surface area contributed by atoms with Crippen LogP contribution in [-0.4, -0.2) is 28.7 Å². The summed E-state index contributed by atoms with van der Waals surface area (Å²) in [6.07, 6.45) is 0. The van der Waals surface area contributed by atoms with Gasteiger partial charge in [-0.1, -0.05) is 133 Å². The van der Waals surface area contributed by atoms with Crippen LogP contribution < -0.4 is 0 Å². The molecule has 0 aliphatic rings. The average Bonchev–Trinajstić information content (AvgIpc) is 3.95. The van der Waals surface area contributed by atoms with Crippen molar-refractivity contribution in [3.05, 3.63) is 194 Å². The lowest BCUT2D eigenvalue weighted by atomic mass is 10.1. The van der Waals surface area contributed by atoms with Gasteiger partial charge in [-0.3, -0.25) is 4.57 Å². The highest BCUT2D eigenvalue weighted by molar-refractivity contribution is 6.24. The van der Waals surface area contributed by atoms with Crippen molar-refractivity contribution in [1.82, 2.24) is 28.7 Å². The summed E-state index contributed by atoms with van der Waals surface area (Å²) in [5.74, 6) is 1.54. The van der Waals surface area contributed by atoms with Crippen molar-refractivity contribution in [3.8, 4) is 46.2 Å². The summed E-state index contributed by atoms with van der Waals surface area (Å²) in [5, 5.41) is 17.8. The topological polar surface area (TPSA) is 77.2 Å². The molecule has 0 unspecified atom stereocenters. The smallest absolute Gasteiger partial charge is 0.238 e. The predicted octanol–water partition coefficient (Wildman–Crippen LogP) is 12.4. The maximum Gasteiger partial charge on any atom is 0.238 e. The molecule has 7 nitrogen and oxygen atoms in total. The van der Waals surface area contributed by atoms with Gasteiger partial charge in [0.25, 0.3) is 0 Å². The summed E-state index contributed by atoms with van der Waals surface area (Å²) in [6.45, 7) is 0. The van der Waals surface area contributed by atoms with Crippen LogP contribution in [0, 0.1) is 11.3 Å². The Bertz CT molecular complexity index is 3630. The number of hydrogen-bond donors (Lipinski definition) is 0. The Labute approximate surface area is 337 Å². The third-order valence-corrected chi connectivity index (χ3v) is 11.5.